The molecule has 3 rings (SSSR count). The molecule has 2 amide bonds. The number of thiocarbonyl (C=S) groups is 1. The van der Waals surface area contributed by atoms with Crippen LogP contribution in [0.3, 0.4) is 0 Å². The molecule has 0 spiro atoms. The Morgan fingerprint density at radius 2 is 1.90 bits per heavy atom. The summed E-state index contributed by atoms with van der Waals surface area (Å²) >= 11 is 6.19. The van der Waals surface area contributed by atoms with Gasteiger partial charge in [0.2, 0.25) is 5.91 Å². The van der Waals surface area contributed by atoms with Gasteiger partial charge in [0.05, 0.1) is 4.91 Å². The molecule has 7 nitrogen and oxygen atoms in total. The molecule has 0 aromatic heterocycles. The first-order valence-corrected chi connectivity index (χ1v) is 9.34. The molecule has 0 atom stereocenters. The van der Waals surface area contributed by atoms with Crippen LogP contribution >= 0.6 is 24.0 Å². The summed E-state index contributed by atoms with van der Waals surface area (Å²) in [5.41, 5.74) is 0.398. The highest BCUT2D eigenvalue weighted by Crippen LogP contribution is 2.32. The molecule has 1 fully saturated rings. The third-order valence-corrected chi connectivity index (χ3v) is 5.23. The summed E-state index contributed by atoms with van der Waals surface area (Å²) in [6.07, 6.45) is 1.55. The number of carbonyl (C=O) groups is 3. The van der Waals surface area contributed by atoms with Crippen molar-refractivity contribution < 1.29 is 29.0 Å². The lowest BCUT2D eigenvalue weighted by Gasteiger charge is -2.14. The number of aromatic hydroxyl groups is 1. The van der Waals surface area contributed by atoms with E-state index >= 15 is 0 Å². The van der Waals surface area contributed by atoms with Crippen LogP contribution in [0, 0.1) is 5.82 Å². The van der Waals surface area contributed by atoms with Crippen molar-refractivity contribution in [2.45, 2.75) is 0 Å². The van der Waals surface area contributed by atoms with E-state index in [-0.39, 0.29) is 22.1 Å². The monoisotopic (exact) mass is 432 g/mol. The van der Waals surface area contributed by atoms with Crippen LogP contribution in [0.25, 0.3) is 6.08 Å². The molecule has 2 aromatic rings. The van der Waals surface area contributed by atoms with Gasteiger partial charge in [-0.15, -0.1) is 0 Å². The van der Waals surface area contributed by atoms with Crippen LogP contribution in [-0.2, 0) is 9.59 Å². The number of thioether (sulfide) groups is 1. The number of hydrogen-bond acceptors (Lipinski definition) is 6. The number of aromatic carboxylic acids is 1. The summed E-state index contributed by atoms with van der Waals surface area (Å²) in [5.74, 6) is -3.23. The van der Waals surface area contributed by atoms with E-state index in [1.807, 2.05) is 0 Å². The van der Waals surface area contributed by atoms with Crippen LogP contribution in [-0.4, -0.2) is 43.8 Å². The Labute approximate surface area is 173 Å². The molecule has 3 N–H and O–H groups in total. The molecule has 0 unspecified atom stereocenters. The quantitative estimate of drug-likeness (QED) is 0.379. The van der Waals surface area contributed by atoms with Gasteiger partial charge in [-0.1, -0.05) is 36.1 Å². The number of halogens is 1. The minimum atomic E-state index is -1.35. The van der Waals surface area contributed by atoms with Gasteiger partial charge in [-0.05, 0) is 42.0 Å². The molecule has 1 heterocycles. The number of nitrogens with one attached hydrogen (secondary N) is 1. The van der Waals surface area contributed by atoms with Crippen molar-refractivity contribution in [2.24, 2.45) is 0 Å². The van der Waals surface area contributed by atoms with Crippen molar-refractivity contribution in [3.05, 3.63) is 64.3 Å². The van der Waals surface area contributed by atoms with Crippen molar-refractivity contribution in [1.29, 1.82) is 0 Å². The lowest BCUT2D eigenvalue weighted by Crippen LogP contribution is -2.36. The van der Waals surface area contributed by atoms with Crippen LogP contribution in [0.1, 0.15) is 15.9 Å². The average molecular weight is 432 g/mol. The van der Waals surface area contributed by atoms with E-state index in [0.29, 0.717) is 10.5 Å². The lowest BCUT2D eigenvalue weighted by molar-refractivity contribution is -0.126. The minimum Gasteiger partial charge on any atom is -0.507 e. The summed E-state index contributed by atoms with van der Waals surface area (Å²) in [5, 5.41) is 21.0. The molecule has 10 heteroatoms. The average Bonchev–Trinajstić information content (AvgIpc) is 2.92. The van der Waals surface area contributed by atoms with Gasteiger partial charge in [0.1, 0.15) is 28.0 Å². The second-order valence-corrected chi connectivity index (χ2v) is 7.58. The Morgan fingerprint density at radius 1 is 1.21 bits per heavy atom. The fourth-order valence-corrected chi connectivity index (χ4v) is 3.73. The summed E-state index contributed by atoms with van der Waals surface area (Å²) in [6, 6.07) is 9.14. The number of amides is 2. The fraction of sp³-hybridized carbons (Fsp3) is 0.0526. The number of benzene rings is 2. The molecule has 0 aliphatic carbocycles. The number of phenols is 1. The van der Waals surface area contributed by atoms with Crippen LogP contribution in [0.4, 0.5) is 10.1 Å². The van der Waals surface area contributed by atoms with E-state index in [1.165, 1.54) is 30.3 Å². The maximum atomic E-state index is 13.0. The molecule has 29 heavy (non-hydrogen) atoms. The van der Waals surface area contributed by atoms with Crippen molar-refractivity contribution in [3.8, 4) is 5.75 Å². The Hall–Kier alpha value is -3.24. The third kappa shape index (κ3) is 4.79. The first-order chi connectivity index (χ1) is 13.7. The number of rotatable bonds is 5. The van der Waals surface area contributed by atoms with Gasteiger partial charge in [-0.2, -0.15) is 0 Å². The number of anilines is 1. The largest absolute Gasteiger partial charge is 0.507 e. The van der Waals surface area contributed by atoms with Gasteiger partial charge in [-0.25, -0.2) is 9.18 Å². The van der Waals surface area contributed by atoms with E-state index in [2.05, 4.69) is 5.32 Å². The summed E-state index contributed by atoms with van der Waals surface area (Å²) in [7, 11) is 0. The van der Waals surface area contributed by atoms with Gasteiger partial charge >= 0.3 is 5.97 Å². The standard InChI is InChI=1S/C19H13FN2O5S2/c20-11-3-1-10(2-4-11)7-15-17(25)22(19(28)29-15)9-16(24)21-12-5-6-14(23)13(8-12)18(26)27/h1-8,23H,9H2,(H,21,24)(H,26,27)/b15-7-. The Bertz CT molecular complexity index is 1050. The molecular weight excluding hydrogens is 419 g/mol. The van der Waals surface area contributed by atoms with Crippen molar-refractivity contribution in [1.82, 2.24) is 4.90 Å². The highest BCUT2D eigenvalue weighted by Gasteiger charge is 2.33. The second kappa shape index (κ2) is 8.41. The molecule has 1 aliphatic heterocycles. The van der Waals surface area contributed by atoms with E-state index < -0.39 is 29.4 Å². The Kier molecular flexibility index (Phi) is 5.95. The van der Waals surface area contributed by atoms with Gasteiger partial charge in [0.25, 0.3) is 5.91 Å². The van der Waals surface area contributed by atoms with Crippen LogP contribution in [0.2, 0.25) is 0 Å². The summed E-state index contributed by atoms with van der Waals surface area (Å²) in [4.78, 5) is 37.3. The molecule has 148 valence electrons. The summed E-state index contributed by atoms with van der Waals surface area (Å²) in [6.45, 7) is -0.366. The SMILES string of the molecule is O=C(CN1C(=O)/C(=C/c2ccc(F)cc2)SC1=S)Nc1ccc(O)c(C(=O)O)c1. The van der Waals surface area contributed by atoms with Crippen molar-refractivity contribution >= 4 is 57.8 Å². The highest BCUT2D eigenvalue weighted by molar-refractivity contribution is 8.26. The zero-order valence-corrected chi connectivity index (χ0v) is 16.2. The van der Waals surface area contributed by atoms with E-state index in [9.17, 15) is 23.9 Å². The lowest BCUT2D eigenvalue weighted by atomic mass is 10.2. The normalized spacial score (nSPS) is 15.1. The number of carboxylic acids is 1. The predicted octanol–water partition coefficient (Wildman–Crippen LogP) is 3.07. The van der Waals surface area contributed by atoms with Gasteiger partial charge in [0.15, 0.2) is 0 Å². The Balaban J connectivity index is 1.70. The van der Waals surface area contributed by atoms with Crippen molar-refractivity contribution in [3.63, 3.8) is 0 Å². The molecule has 1 aliphatic rings. The predicted molar refractivity (Wildman–Crippen MR) is 110 cm³/mol. The fourth-order valence-electron chi connectivity index (χ4n) is 2.48. The van der Waals surface area contributed by atoms with Crippen molar-refractivity contribution in [2.75, 3.05) is 11.9 Å². The first kappa shape index (κ1) is 20.5. The molecule has 2 aromatic carbocycles. The maximum absolute atomic E-state index is 13.0. The number of carboxylic acid groups (broad SMARTS) is 1. The third-order valence-electron chi connectivity index (χ3n) is 3.85. The van der Waals surface area contributed by atoms with E-state index in [4.69, 9.17) is 17.3 Å². The number of carbonyl (C=O) groups excluding carboxylic acids is 2. The van der Waals surface area contributed by atoms with Gasteiger partial charge in [0, 0.05) is 5.69 Å². The maximum Gasteiger partial charge on any atom is 0.339 e. The molecule has 0 radical (unpaired) electrons. The van der Waals surface area contributed by atoms with Crippen LogP contribution in [0.5, 0.6) is 5.75 Å². The molecule has 1 saturated heterocycles. The summed E-state index contributed by atoms with van der Waals surface area (Å²) < 4.78 is 13.2. The van der Waals surface area contributed by atoms with Crippen LogP contribution in [0.15, 0.2) is 47.4 Å². The highest BCUT2D eigenvalue weighted by atomic mass is 32.2. The zero-order chi connectivity index (χ0) is 21.1. The first-order valence-electron chi connectivity index (χ1n) is 8.11. The zero-order valence-electron chi connectivity index (χ0n) is 14.6. The smallest absolute Gasteiger partial charge is 0.339 e. The van der Waals surface area contributed by atoms with E-state index in [0.717, 1.165) is 28.8 Å². The molecule has 0 bridgehead atoms. The Morgan fingerprint density at radius 3 is 2.55 bits per heavy atom. The number of hydrogen-bond donors (Lipinski definition) is 3. The molecular formula is C19H13FN2O5S2. The molecule has 0 saturated carbocycles. The second-order valence-electron chi connectivity index (χ2n) is 5.90. The number of nitrogens with zero attached hydrogens (tertiary/aromatic N) is 1. The van der Waals surface area contributed by atoms with E-state index in [1.54, 1.807) is 6.08 Å². The topological polar surface area (TPSA) is 107 Å². The van der Waals surface area contributed by atoms with Gasteiger partial charge in [-0.3, -0.25) is 14.5 Å². The minimum absolute atomic E-state index is 0.150. The van der Waals surface area contributed by atoms with Crippen LogP contribution < -0.4 is 5.32 Å². The van der Waals surface area contributed by atoms with Gasteiger partial charge < -0.3 is 15.5 Å².